The molecule has 0 bridgehead atoms. The van der Waals surface area contributed by atoms with E-state index in [1.54, 1.807) is 0 Å². The molecule has 3 nitrogen and oxygen atoms in total. The van der Waals surface area contributed by atoms with E-state index < -0.39 is 0 Å². The van der Waals surface area contributed by atoms with Crippen molar-refractivity contribution in [3.8, 4) is 0 Å². The lowest BCUT2D eigenvalue weighted by atomic mass is 9.86. The minimum atomic E-state index is -0.152. The zero-order valence-corrected chi connectivity index (χ0v) is 9.91. The molecular weight excluding hydrogens is 190 g/mol. The monoisotopic (exact) mass is 213 g/mol. The summed E-state index contributed by atoms with van der Waals surface area (Å²) in [6.07, 6.45) is 3.29. The van der Waals surface area contributed by atoms with Gasteiger partial charge in [0, 0.05) is 18.6 Å². The van der Waals surface area contributed by atoms with Gasteiger partial charge in [-0.15, -0.1) is 0 Å². The maximum absolute atomic E-state index is 10.4. The maximum Gasteiger partial charge on any atom is 0.0749 e. The van der Waals surface area contributed by atoms with Crippen LogP contribution in [-0.2, 0) is 4.74 Å². The molecule has 0 amide bonds. The Bertz CT molecular complexity index is 212. The summed E-state index contributed by atoms with van der Waals surface area (Å²) in [4.78, 5) is 2.42. The van der Waals surface area contributed by atoms with Gasteiger partial charge in [0.25, 0.3) is 0 Å². The lowest BCUT2D eigenvalue weighted by Crippen LogP contribution is -2.58. The molecule has 3 heteroatoms. The average Bonchev–Trinajstić information content (AvgIpc) is 3.12. The lowest BCUT2D eigenvalue weighted by Gasteiger charge is -2.46. The highest BCUT2D eigenvalue weighted by atomic mass is 16.5. The van der Waals surface area contributed by atoms with Crippen LogP contribution in [0.15, 0.2) is 0 Å². The Morgan fingerprint density at radius 1 is 1.40 bits per heavy atom. The molecule has 1 saturated carbocycles. The van der Waals surface area contributed by atoms with E-state index in [0.29, 0.717) is 5.92 Å². The lowest BCUT2D eigenvalue weighted by molar-refractivity contribution is -0.0785. The normalized spacial score (nSPS) is 29.8. The maximum atomic E-state index is 10.4. The predicted octanol–water partition coefficient (Wildman–Crippen LogP) is 1.26. The number of morpholine rings is 1. The molecule has 1 aliphatic heterocycles. The van der Waals surface area contributed by atoms with Crippen molar-refractivity contribution < 1.29 is 9.84 Å². The molecule has 1 heterocycles. The third kappa shape index (κ3) is 2.19. The SMILES string of the molecule is CCC(C)(C(O)C1CC1)N1CCOCC1. The summed E-state index contributed by atoms with van der Waals surface area (Å²) in [5.41, 5.74) is -0.0368. The zero-order valence-electron chi connectivity index (χ0n) is 9.91. The first-order valence-electron chi connectivity index (χ1n) is 6.19. The van der Waals surface area contributed by atoms with Crippen LogP contribution >= 0.6 is 0 Å². The third-order valence-corrected chi connectivity index (χ3v) is 4.15. The molecule has 0 spiro atoms. The molecular formula is C12H23NO2. The topological polar surface area (TPSA) is 32.7 Å². The van der Waals surface area contributed by atoms with E-state index in [4.69, 9.17) is 4.74 Å². The first kappa shape index (κ1) is 11.4. The van der Waals surface area contributed by atoms with Gasteiger partial charge >= 0.3 is 0 Å². The van der Waals surface area contributed by atoms with Crippen molar-refractivity contribution in [3.05, 3.63) is 0 Å². The molecule has 1 aliphatic carbocycles. The largest absolute Gasteiger partial charge is 0.391 e. The molecule has 15 heavy (non-hydrogen) atoms. The molecule has 88 valence electrons. The fraction of sp³-hybridized carbons (Fsp3) is 1.00. The van der Waals surface area contributed by atoms with Crippen LogP contribution < -0.4 is 0 Å². The van der Waals surface area contributed by atoms with Gasteiger partial charge in [-0.2, -0.15) is 0 Å². The summed E-state index contributed by atoms with van der Waals surface area (Å²) in [5, 5.41) is 10.4. The molecule has 0 aromatic heterocycles. The van der Waals surface area contributed by atoms with Crippen molar-refractivity contribution in [3.63, 3.8) is 0 Å². The number of hydrogen-bond donors (Lipinski definition) is 1. The van der Waals surface area contributed by atoms with E-state index in [0.717, 1.165) is 32.7 Å². The van der Waals surface area contributed by atoms with Crippen molar-refractivity contribution in [2.45, 2.75) is 44.8 Å². The van der Waals surface area contributed by atoms with Crippen LogP contribution in [0.25, 0.3) is 0 Å². The smallest absolute Gasteiger partial charge is 0.0749 e. The predicted molar refractivity (Wildman–Crippen MR) is 59.8 cm³/mol. The third-order valence-electron chi connectivity index (χ3n) is 4.15. The summed E-state index contributed by atoms with van der Waals surface area (Å²) < 4.78 is 5.37. The van der Waals surface area contributed by atoms with Crippen LogP contribution in [0.4, 0.5) is 0 Å². The van der Waals surface area contributed by atoms with Crippen LogP contribution in [0.3, 0.4) is 0 Å². The standard InChI is InChI=1S/C12H23NO2/c1-3-12(2,11(14)10-4-5-10)13-6-8-15-9-7-13/h10-11,14H,3-9H2,1-2H3. The number of hydrogen-bond acceptors (Lipinski definition) is 3. The summed E-state index contributed by atoms with van der Waals surface area (Å²) in [6.45, 7) is 7.95. The first-order valence-corrected chi connectivity index (χ1v) is 6.19. The van der Waals surface area contributed by atoms with Gasteiger partial charge in [-0.25, -0.2) is 0 Å². The molecule has 1 saturated heterocycles. The summed E-state index contributed by atoms with van der Waals surface area (Å²) in [5.74, 6) is 0.554. The van der Waals surface area contributed by atoms with Crippen molar-refractivity contribution in [1.82, 2.24) is 4.90 Å². The van der Waals surface area contributed by atoms with Gasteiger partial charge < -0.3 is 9.84 Å². The van der Waals surface area contributed by atoms with Crippen LogP contribution in [0.5, 0.6) is 0 Å². The van der Waals surface area contributed by atoms with E-state index in [1.165, 1.54) is 12.8 Å². The molecule has 2 unspecified atom stereocenters. The van der Waals surface area contributed by atoms with Crippen LogP contribution in [0.1, 0.15) is 33.1 Å². The molecule has 0 aromatic carbocycles. The van der Waals surface area contributed by atoms with Gasteiger partial charge in [-0.3, -0.25) is 4.90 Å². The van der Waals surface area contributed by atoms with Crippen molar-refractivity contribution in [2.75, 3.05) is 26.3 Å². The van der Waals surface area contributed by atoms with E-state index in [9.17, 15) is 5.11 Å². The Balaban J connectivity index is 2.03. The number of nitrogens with zero attached hydrogens (tertiary/aromatic N) is 1. The van der Waals surface area contributed by atoms with E-state index in [2.05, 4.69) is 18.7 Å². The second-order valence-electron chi connectivity index (χ2n) is 5.09. The van der Waals surface area contributed by atoms with Crippen molar-refractivity contribution in [2.24, 2.45) is 5.92 Å². The van der Waals surface area contributed by atoms with Gasteiger partial charge in [-0.1, -0.05) is 6.92 Å². The molecule has 0 aromatic rings. The Morgan fingerprint density at radius 3 is 2.47 bits per heavy atom. The average molecular weight is 213 g/mol. The summed E-state index contributed by atoms with van der Waals surface area (Å²) in [7, 11) is 0. The fourth-order valence-electron chi connectivity index (χ4n) is 2.61. The number of aliphatic hydroxyl groups excluding tert-OH is 1. The highest BCUT2D eigenvalue weighted by Gasteiger charge is 2.45. The van der Waals surface area contributed by atoms with Gasteiger partial charge in [0.15, 0.2) is 0 Å². The Kier molecular flexibility index (Phi) is 3.33. The van der Waals surface area contributed by atoms with Crippen LogP contribution in [0.2, 0.25) is 0 Å². The fourth-order valence-corrected chi connectivity index (χ4v) is 2.61. The van der Waals surface area contributed by atoms with Crippen molar-refractivity contribution >= 4 is 0 Å². The Labute approximate surface area is 92.4 Å². The summed E-state index contributed by atoms with van der Waals surface area (Å²) >= 11 is 0. The zero-order chi connectivity index (χ0) is 10.9. The molecule has 2 atom stereocenters. The highest BCUT2D eigenvalue weighted by Crippen LogP contribution is 2.40. The highest BCUT2D eigenvalue weighted by molar-refractivity contribution is 4.99. The summed E-state index contributed by atoms with van der Waals surface area (Å²) in [6, 6.07) is 0. The molecule has 2 aliphatic rings. The van der Waals surface area contributed by atoms with Gasteiger partial charge in [-0.05, 0) is 32.1 Å². The number of rotatable bonds is 4. The molecule has 2 rings (SSSR count). The Hall–Kier alpha value is -0.120. The minimum absolute atomic E-state index is 0.0368. The Morgan fingerprint density at radius 2 is 2.00 bits per heavy atom. The van der Waals surface area contributed by atoms with Crippen LogP contribution in [0, 0.1) is 5.92 Å². The van der Waals surface area contributed by atoms with Crippen LogP contribution in [-0.4, -0.2) is 48.0 Å². The van der Waals surface area contributed by atoms with Gasteiger partial charge in [0.2, 0.25) is 0 Å². The molecule has 1 N–H and O–H groups in total. The first-order chi connectivity index (χ1) is 7.18. The van der Waals surface area contributed by atoms with Gasteiger partial charge in [0.05, 0.1) is 19.3 Å². The van der Waals surface area contributed by atoms with Crippen molar-refractivity contribution in [1.29, 1.82) is 0 Å². The van der Waals surface area contributed by atoms with E-state index in [-0.39, 0.29) is 11.6 Å². The number of ether oxygens (including phenoxy) is 1. The molecule has 2 fully saturated rings. The molecule has 0 radical (unpaired) electrons. The second-order valence-corrected chi connectivity index (χ2v) is 5.09. The van der Waals surface area contributed by atoms with Gasteiger partial charge in [0.1, 0.15) is 0 Å². The quantitative estimate of drug-likeness (QED) is 0.763. The minimum Gasteiger partial charge on any atom is -0.391 e. The van der Waals surface area contributed by atoms with E-state index >= 15 is 0 Å². The number of aliphatic hydroxyl groups is 1. The van der Waals surface area contributed by atoms with E-state index in [1.807, 2.05) is 0 Å². The second kappa shape index (κ2) is 4.40.